The van der Waals surface area contributed by atoms with Crippen molar-refractivity contribution in [3.63, 3.8) is 0 Å². The summed E-state index contributed by atoms with van der Waals surface area (Å²) in [5.41, 5.74) is 0.895. The molecule has 200 valence electrons. The summed E-state index contributed by atoms with van der Waals surface area (Å²) in [7, 11) is 1.58. The zero-order valence-corrected chi connectivity index (χ0v) is 22.6. The highest BCUT2D eigenvalue weighted by Crippen LogP contribution is 2.68. The molecule has 6 nitrogen and oxygen atoms in total. The van der Waals surface area contributed by atoms with Gasteiger partial charge in [-0.3, -0.25) is 4.79 Å². The van der Waals surface area contributed by atoms with Crippen molar-refractivity contribution in [3.8, 4) is 5.88 Å². The van der Waals surface area contributed by atoms with Gasteiger partial charge in [-0.05, 0) is 110 Å². The van der Waals surface area contributed by atoms with Crippen LogP contribution in [0.15, 0.2) is 18.3 Å². The Bertz CT molecular complexity index is 937. The van der Waals surface area contributed by atoms with E-state index in [-0.39, 0.29) is 28.9 Å². The zero-order valence-electron chi connectivity index (χ0n) is 22.6. The molecule has 0 unspecified atom stereocenters. The van der Waals surface area contributed by atoms with Gasteiger partial charge in [0.15, 0.2) is 0 Å². The van der Waals surface area contributed by atoms with Crippen LogP contribution >= 0.6 is 0 Å². The minimum Gasteiger partial charge on any atom is -0.481 e. The number of amides is 1. The minimum atomic E-state index is -0.277. The van der Waals surface area contributed by atoms with Crippen molar-refractivity contribution in [1.29, 1.82) is 0 Å². The van der Waals surface area contributed by atoms with E-state index in [0.29, 0.717) is 53.5 Å². The van der Waals surface area contributed by atoms with Crippen LogP contribution in [0.3, 0.4) is 0 Å². The largest absolute Gasteiger partial charge is 0.481 e. The van der Waals surface area contributed by atoms with E-state index < -0.39 is 0 Å². The molecule has 6 heteroatoms. The summed E-state index contributed by atoms with van der Waals surface area (Å²) in [6.45, 7) is 7.14. The number of pyridine rings is 1. The highest BCUT2D eigenvalue weighted by Gasteiger charge is 2.63. The van der Waals surface area contributed by atoms with Crippen LogP contribution in [0.25, 0.3) is 0 Å². The quantitative estimate of drug-likeness (QED) is 0.486. The highest BCUT2D eigenvalue weighted by molar-refractivity contribution is 5.90. The summed E-state index contributed by atoms with van der Waals surface area (Å²) in [6.07, 6.45) is 11.3. The molecular formula is C30H46N2O4. The van der Waals surface area contributed by atoms with Crippen molar-refractivity contribution in [3.05, 3.63) is 18.3 Å². The van der Waals surface area contributed by atoms with E-state index >= 15 is 0 Å². The summed E-state index contributed by atoms with van der Waals surface area (Å²) in [6, 6.07) is 3.56. The van der Waals surface area contributed by atoms with Crippen molar-refractivity contribution < 1.29 is 19.7 Å². The number of hydrogen-bond acceptors (Lipinski definition) is 5. The van der Waals surface area contributed by atoms with Crippen molar-refractivity contribution >= 4 is 11.6 Å². The number of aliphatic hydroxyl groups excluding tert-OH is 2. The maximum absolute atomic E-state index is 12.7. The number of anilines is 1. The average Bonchev–Trinajstić information content (AvgIpc) is 3.23. The van der Waals surface area contributed by atoms with Crippen molar-refractivity contribution in [1.82, 2.24) is 4.98 Å². The number of hydrogen-bond donors (Lipinski definition) is 3. The van der Waals surface area contributed by atoms with Gasteiger partial charge < -0.3 is 20.3 Å². The fourth-order valence-corrected chi connectivity index (χ4v) is 9.52. The van der Waals surface area contributed by atoms with Gasteiger partial charge in [0.2, 0.25) is 11.8 Å². The lowest BCUT2D eigenvalue weighted by Crippen LogP contribution is -2.58. The fourth-order valence-electron chi connectivity index (χ4n) is 9.52. The van der Waals surface area contributed by atoms with E-state index in [1.807, 2.05) is 6.07 Å². The van der Waals surface area contributed by atoms with Gasteiger partial charge in [0, 0.05) is 12.5 Å². The molecule has 0 aliphatic heterocycles. The number of aromatic nitrogens is 1. The number of fused-ring (bicyclic) bond motifs is 5. The molecule has 4 saturated carbocycles. The molecule has 1 heterocycles. The molecule has 1 aromatic heterocycles. The molecule has 10 atom stereocenters. The third-order valence-electron chi connectivity index (χ3n) is 11.6. The first-order valence-electron chi connectivity index (χ1n) is 14.3. The number of aliphatic hydroxyl groups is 2. The smallest absolute Gasteiger partial charge is 0.224 e. The second-order valence-corrected chi connectivity index (χ2v) is 13.0. The summed E-state index contributed by atoms with van der Waals surface area (Å²) in [5.74, 6) is 3.84. The Morgan fingerprint density at radius 2 is 1.94 bits per heavy atom. The molecule has 1 aromatic rings. The van der Waals surface area contributed by atoms with Crippen LogP contribution in [0.5, 0.6) is 5.88 Å². The highest BCUT2D eigenvalue weighted by atomic mass is 16.5. The number of carbonyl (C=O) groups is 1. The SMILES string of the molecule is COc1ccc(NC(=O)CC[C@@H](C)[C@H]2CC[C@H]3[C@@H]4CC[C@@H]5C[C@H](O)CC[C@]5(C)[C@H]4C[C@H](O)[C@]23C)cn1. The second kappa shape index (κ2) is 9.90. The van der Waals surface area contributed by atoms with Gasteiger partial charge in [-0.1, -0.05) is 20.8 Å². The Morgan fingerprint density at radius 1 is 1.14 bits per heavy atom. The first-order chi connectivity index (χ1) is 17.2. The molecule has 4 fully saturated rings. The predicted octanol–water partition coefficient (Wildman–Crippen LogP) is 5.44. The van der Waals surface area contributed by atoms with Gasteiger partial charge in [0.25, 0.3) is 0 Å². The number of carbonyl (C=O) groups excluding carboxylic acids is 1. The van der Waals surface area contributed by atoms with Crippen LogP contribution in [0.4, 0.5) is 5.69 Å². The first kappa shape index (κ1) is 26.0. The molecule has 0 radical (unpaired) electrons. The van der Waals surface area contributed by atoms with Gasteiger partial charge in [-0.15, -0.1) is 0 Å². The molecule has 36 heavy (non-hydrogen) atoms. The molecule has 5 rings (SSSR count). The maximum Gasteiger partial charge on any atom is 0.224 e. The summed E-state index contributed by atoms with van der Waals surface area (Å²) in [5, 5.41) is 25.0. The number of rotatable bonds is 6. The molecule has 4 aliphatic carbocycles. The molecule has 0 spiro atoms. The number of nitrogens with one attached hydrogen (secondary N) is 1. The number of ether oxygens (including phenoxy) is 1. The molecule has 0 saturated heterocycles. The lowest BCUT2D eigenvalue weighted by Gasteiger charge is -2.62. The van der Waals surface area contributed by atoms with E-state index in [4.69, 9.17) is 4.74 Å². The zero-order chi connectivity index (χ0) is 25.7. The minimum absolute atomic E-state index is 0.0171. The van der Waals surface area contributed by atoms with E-state index in [1.165, 1.54) is 19.3 Å². The van der Waals surface area contributed by atoms with Gasteiger partial charge >= 0.3 is 0 Å². The Hall–Kier alpha value is -1.66. The molecule has 0 bridgehead atoms. The van der Waals surface area contributed by atoms with Gasteiger partial charge in [0.1, 0.15) is 0 Å². The Morgan fingerprint density at radius 3 is 2.67 bits per heavy atom. The number of nitrogens with zero attached hydrogens (tertiary/aromatic N) is 1. The lowest BCUT2D eigenvalue weighted by molar-refractivity contribution is -0.174. The molecular weight excluding hydrogens is 452 g/mol. The Kier molecular flexibility index (Phi) is 7.14. The van der Waals surface area contributed by atoms with Crippen LogP contribution in [0, 0.1) is 46.3 Å². The van der Waals surface area contributed by atoms with Gasteiger partial charge in [-0.2, -0.15) is 0 Å². The summed E-state index contributed by atoms with van der Waals surface area (Å²) in [4.78, 5) is 16.8. The predicted molar refractivity (Wildman–Crippen MR) is 140 cm³/mol. The molecule has 1 amide bonds. The van der Waals surface area contributed by atoms with E-state index in [2.05, 4.69) is 31.1 Å². The topological polar surface area (TPSA) is 91.7 Å². The summed E-state index contributed by atoms with van der Waals surface area (Å²) < 4.78 is 5.09. The van der Waals surface area contributed by atoms with Crippen molar-refractivity contribution in [2.45, 2.75) is 97.2 Å². The van der Waals surface area contributed by atoms with Crippen LogP contribution in [-0.2, 0) is 4.79 Å². The molecule has 3 N–H and O–H groups in total. The van der Waals surface area contributed by atoms with Crippen molar-refractivity contribution in [2.75, 3.05) is 12.4 Å². The van der Waals surface area contributed by atoms with Crippen LogP contribution < -0.4 is 10.1 Å². The van der Waals surface area contributed by atoms with Crippen LogP contribution in [-0.4, -0.2) is 40.4 Å². The summed E-state index contributed by atoms with van der Waals surface area (Å²) >= 11 is 0. The van der Waals surface area contributed by atoms with Gasteiger partial charge in [-0.25, -0.2) is 4.98 Å². The van der Waals surface area contributed by atoms with E-state index in [0.717, 1.165) is 38.5 Å². The second-order valence-electron chi connectivity index (χ2n) is 13.0. The Labute approximate surface area is 216 Å². The van der Waals surface area contributed by atoms with Crippen LogP contribution in [0.1, 0.15) is 85.0 Å². The van der Waals surface area contributed by atoms with Gasteiger partial charge in [0.05, 0.1) is 31.2 Å². The number of methoxy groups -OCH3 is 1. The first-order valence-corrected chi connectivity index (χ1v) is 14.3. The van der Waals surface area contributed by atoms with Crippen molar-refractivity contribution in [2.24, 2.45) is 46.3 Å². The average molecular weight is 499 g/mol. The normalized spacial score (nSPS) is 42.6. The van der Waals surface area contributed by atoms with E-state index in [1.54, 1.807) is 19.4 Å². The maximum atomic E-state index is 12.7. The standard InChI is InChI=1S/C30H46N2O4/c1-18(5-11-27(35)32-20-7-12-28(36-4)31-17-20)23-9-10-24-22-8-6-19-15-21(33)13-14-29(19,2)25(22)16-26(34)30(23,24)3/h7,12,17-19,21-26,33-34H,5-6,8-11,13-16H2,1-4H3,(H,32,35)/t18-,19-,21-,22+,23-,24+,25+,26+,29+,30-/m1/s1. The van der Waals surface area contributed by atoms with Crippen LogP contribution in [0.2, 0.25) is 0 Å². The third kappa shape index (κ3) is 4.36. The fraction of sp³-hybridized carbons (Fsp3) is 0.800. The third-order valence-corrected chi connectivity index (χ3v) is 11.6. The molecule has 4 aliphatic rings. The monoisotopic (exact) mass is 498 g/mol. The molecule has 0 aromatic carbocycles. The lowest BCUT2D eigenvalue weighted by atomic mass is 9.43. The Balaban J connectivity index is 1.23. The van der Waals surface area contributed by atoms with E-state index in [9.17, 15) is 15.0 Å².